The molecule has 0 fully saturated rings. The Kier molecular flexibility index (Phi) is 3.58. The smallest absolute Gasteiger partial charge is 0.272 e. The second-order valence-electron chi connectivity index (χ2n) is 5.19. The summed E-state index contributed by atoms with van der Waals surface area (Å²) in [7, 11) is 0. The van der Waals surface area contributed by atoms with Gasteiger partial charge in [-0.3, -0.25) is 10.1 Å². The molecule has 0 atom stereocenters. The summed E-state index contributed by atoms with van der Waals surface area (Å²) in [5, 5.41) is 14.3. The van der Waals surface area contributed by atoms with E-state index >= 15 is 0 Å². The topological polar surface area (TPSA) is 58.4 Å². The molecule has 0 aromatic heterocycles. The summed E-state index contributed by atoms with van der Waals surface area (Å²) in [6, 6.07) is 13.6. The van der Waals surface area contributed by atoms with Gasteiger partial charge in [0.1, 0.15) is 0 Å². The predicted molar refractivity (Wildman–Crippen MR) is 83.0 cm³/mol. The van der Waals surface area contributed by atoms with Gasteiger partial charge in [-0.2, -0.15) is 0 Å². The van der Waals surface area contributed by atoms with Gasteiger partial charge in [0, 0.05) is 42.6 Å². The van der Waals surface area contributed by atoms with E-state index in [-0.39, 0.29) is 10.6 Å². The van der Waals surface area contributed by atoms with Crippen molar-refractivity contribution in [1.82, 2.24) is 5.32 Å². The van der Waals surface area contributed by atoms with E-state index in [1.807, 2.05) is 24.3 Å². The maximum Gasteiger partial charge on any atom is 0.272 e. The molecule has 108 valence electrons. The summed E-state index contributed by atoms with van der Waals surface area (Å²) in [6.45, 7) is 4.35. The lowest BCUT2D eigenvalue weighted by molar-refractivity contribution is -0.385. The summed E-state index contributed by atoms with van der Waals surface area (Å²) < 4.78 is 0. The fraction of sp³-hybridized carbons (Fsp3) is 0.250. The first-order valence-corrected chi connectivity index (χ1v) is 6.98. The van der Waals surface area contributed by atoms with Crippen molar-refractivity contribution in [2.75, 3.05) is 18.0 Å². The van der Waals surface area contributed by atoms with Gasteiger partial charge < -0.3 is 10.2 Å². The summed E-state index contributed by atoms with van der Waals surface area (Å²) in [5.74, 6) is 0. The van der Waals surface area contributed by atoms with E-state index in [0.717, 1.165) is 31.0 Å². The Morgan fingerprint density at radius 3 is 2.81 bits per heavy atom. The molecular weight excluding hydrogens is 266 g/mol. The number of anilines is 2. The van der Waals surface area contributed by atoms with Crippen LogP contribution in [0.2, 0.25) is 0 Å². The molecule has 0 amide bonds. The lowest BCUT2D eigenvalue weighted by atomic mass is 10.1. The van der Waals surface area contributed by atoms with Gasteiger partial charge in [-0.15, -0.1) is 0 Å². The van der Waals surface area contributed by atoms with Gasteiger partial charge in [0.2, 0.25) is 0 Å². The van der Waals surface area contributed by atoms with Crippen LogP contribution in [0.1, 0.15) is 11.1 Å². The molecule has 0 radical (unpaired) electrons. The van der Waals surface area contributed by atoms with Gasteiger partial charge in [0.25, 0.3) is 5.69 Å². The molecule has 2 aromatic rings. The van der Waals surface area contributed by atoms with E-state index in [2.05, 4.69) is 22.3 Å². The SMILES string of the molecule is Cc1cc(N2CCNCc3ccccc32)ccc1[N+](=O)[O-]. The second-order valence-corrected chi connectivity index (χ2v) is 5.19. The molecule has 1 aliphatic heterocycles. The molecule has 0 saturated carbocycles. The molecule has 0 bridgehead atoms. The quantitative estimate of drug-likeness (QED) is 0.679. The van der Waals surface area contributed by atoms with Crippen LogP contribution in [0.4, 0.5) is 17.1 Å². The zero-order valence-corrected chi connectivity index (χ0v) is 11.9. The molecule has 21 heavy (non-hydrogen) atoms. The lowest BCUT2D eigenvalue weighted by Crippen LogP contribution is -2.24. The van der Waals surface area contributed by atoms with Crippen molar-refractivity contribution in [3.05, 3.63) is 63.7 Å². The van der Waals surface area contributed by atoms with Crippen LogP contribution in [0.3, 0.4) is 0 Å². The number of benzene rings is 2. The number of nitrogens with one attached hydrogen (secondary N) is 1. The molecule has 0 aliphatic carbocycles. The van der Waals surface area contributed by atoms with Gasteiger partial charge >= 0.3 is 0 Å². The zero-order chi connectivity index (χ0) is 14.8. The van der Waals surface area contributed by atoms with Crippen molar-refractivity contribution < 1.29 is 4.92 Å². The van der Waals surface area contributed by atoms with Gasteiger partial charge in [0.05, 0.1) is 4.92 Å². The largest absolute Gasteiger partial charge is 0.340 e. The minimum Gasteiger partial charge on any atom is -0.340 e. The van der Waals surface area contributed by atoms with E-state index in [9.17, 15) is 10.1 Å². The maximum absolute atomic E-state index is 10.9. The first-order valence-electron chi connectivity index (χ1n) is 6.98. The van der Waals surface area contributed by atoms with E-state index in [1.165, 1.54) is 5.56 Å². The van der Waals surface area contributed by atoms with Crippen molar-refractivity contribution in [1.29, 1.82) is 0 Å². The van der Waals surface area contributed by atoms with Gasteiger partial charge in [-0.1, -0.05) is 18.2 Å². The van der Waals surface area contributed by atoms with Crippen LogP contribution in [-0.4, -0.2) is 18.0 Å². The molecule has 1 N–H and O–H groups in total. The first-order chi connectivity index (χ1) is 10.2. The number of hydrogen-bond donors (Lipinski definition) is 1. The van der Waals surface area contributed by atoms with E-state index in [1.54, 1.807) is 13.0 Å². The third-order valence-corrected chi connectivity index (χ3v) is 3.80. The highest BCUT2D eigenvalue weighted by Crippen LogP contribution is 2.32. The van der Waals surface area contributed by atoms with Crippen LogP contribution >= 0.6 is 0 Å². The van der Waals surface area contributed by atoms with Gasteiger partial charge in [0.15, 0.2) is 0 Å². The Hall–Kier alpha value is -2.40. The summed E-state index contributed by atoms with van der Waals surface area (Å²) >= 11 is 0. The fourth-order valence-corrected chi connectivity index (χ4v) is 2.74. The Morgan fingerprint density at radius 1 is 1.24 bits per heavy atom. The van der Waals surface area contributed by atoms with Crippen LogP contribution in [0.15, 0.2) is 42.5 Å². The molecule has 2 aromatic carbocycles. The minimum absolute atomic E-state index is 0.167. The second kappa shape index (κ2) is 5.54. The molecule has 3 rings (SSSR count). The van der Waals surface area contributed by atoms with Gasteiger partial charge in [-0.25, -0.2) is 0 Å². The first kappa shape index (κ1) is 13.6. The van der Waals surface area contributed by atoms with Crippen molar-refractivity contribution in [2.45, 2.75) is 13.5 Å². The highest BCUT2D eigenvalue weighted by molar-refractivity contribution is 5.69. The number of para-hydroxylation sites is 1. The summed E-state index contributed by atoms with van der Waals surface area (Å²) in [4.78, 5) is 12.8. The van der Waals surface area contributed by atoms with Crippen LogP contribution in [0, 0.1) is 17.0 Å². The Morgan fingerprint density at radius 2 is 2.05 bits per heavy atom. The highest BCUT2D eigenvalue weighted by atomic mass is 16.6. The number of nitro benzene ring substituents is 1. The Labute approximate surface area is 123 Å². The number of hydrogen-bond acceptors (Lipinski definition) is 4. The van der Waals surface area contributed by atoms with Crippen LogP contribution in [-0.2, 0) is 6.54 Å². The molecule has 0 saturated heterocycles. The molecule has 0 unspecified atom stereocenters. The van der Waals surface area contributed by atoms with Crippen molar-refractivity contribution in [2.24, 2.45) is 0 Å². The van der Waals surface area contributed by atoms with Crippen LogP contribution in [0.5, 0.6) is 0 Å². The number of fused-ring (bicyclic) bond motifs is 1. The standard InChI is InChI=1S/C16H17N3O2/c1-12-10-14(6-7-15(12)19(20)21)18-9-8-17-11-13-4-2-3-5-16(13)18/h2-7,10,17H,8-9,11H2,1H3. The third-order valence-electron chi connectivity index (χ3n) is 3.80. The van der Waals surface area contributed by atoms with Crippen LogP contribution in [0.25, 0.3) is 0 Å². The van der Waals surface area contributed by atoms with Crippen molar-refractivity contribution in [3.8, 4) is 0 Å². The summed E-state index contributed by atoms with van der Waals surface area (Å²) in [5.41, 5.74) is 4.25. The number of nitro groups is 1. The van der Waals surface area contributed by atoms with Crippen molar-refractivity contribution in [3.63, 3.8) is 0 Å². The average Bonchev–Trinajstić information content (AvgIpc) is 2.69. The molecule has 1 aliphatic rings. The predicted octanol–water partition coefficient (Wildman–Crippen LogP) is 3.14. The Bertz CT molecular complexity index is 685. The zero-order valence-electron chi connectivity index (χ0n) is 11.9. The van der Waals surface area contributed by atoms with E-state index in [4.69, 9.17) is 0 Å². The monoisotopic (exact) mass is 283 g/mol. The molecule has 5 heteroatoms. The normalized spacial score (nSPS) is 14.4. The lowest BCUT2D eigenvalue weighted by Gasteiger charge is -2.25. The van der Waals surface area contributed by atoms with Crippen LogP contribution < -0.4 is 10.2 Å². The third kappa shape index (κ3) is 2.60. The van der Waals surface area contributed by atoms with E-state index < -0.39 is 0 Å². The Balaban J connectivity index is 2.04. The fourth-order valence-electron chi connectivity index (χ4n) is 2.74. The molecule has 5 nitrogen and oxygen atoms in total. The highest BCUT2D eigenvalue weighted by Gasteiger charge is 2.18. The molecule has 0 spiro atoms. The molecule has 1 heterocycles. The molecular formula is C16H17N3O2. The van der Waals surface area contributed by atoms with E-state index in [0.29, 0.717) is 5.56 Å². The maximum atomic E-state index is 10.9. The van der Waals surface area contributed by atoms with Crippen molar-refractivity contribution >= 4 is 17.1 Å². The number of aryl methyl sites for hydroxylation is 1. The number of nitrogens with zero attached hydrogens (tertiary/aromatic N) is 2. The average molecular weight is 283 g/mol. The van der Waals surface area contributed by atoms with Gasteiger partial charge in [-0.05, 0) is 30.7 Å². The minimum atomic E-state index is -0.336. The summed E-state index contributed by atoms with van der Waals surface area (Å²) in [6.07, 6.45) is 0. The number of rotatable bonds is 2.